The number of aliphatic hydroxyl groups is 1. The van der Waals surface area contributed by atoms with E-state index in [0.29, 0.717) is 0 Å². The van der Waals surface area contributed by atoms with Crippen molar-refractivity contribution in [2.45, 2.75) is 25.2 Å². The summed E-state index contributed by atoms with van der Waals surface area (Å²) in [4.78, 5) is 0. The molecule has 0 amide bonds. The Morgan fingerprint density at radius 2 is 2.56 bits per heavy atom. The Labute approximate surface area is 55.0 Å². The quantitative estimate of drug-likeness (QED) is 0.506. The first-order valence-corrected chi connectivity index (χ1v) is 3.29. The SMILES string of the molecule is COC(O)[C@@H]1CCCN1. The summed E-state index contributed by atoms with van der Waals surface area (Å²) in [5.74, 6) is 0. The number of ether oxygens (including phenoxy) is 1. The Kier molecular flexibility index (Phi) is 2.45. The normalized spacial score (nSPS) is 30.7. The summed E-state index contributed by atoms with van der Waals surface area (Å²) in [5.41, 5.74) is 0. The average Bonchev–Trinajstić information content (AvgIpc) is 2.37. The topological polar surface area (TPSA) is 41.5 Å². The zero-order chi connectivity index (χ0) is 6.69. The van der Waals surface area contributed by atoms with Crippen LogP contribution in [0.2, 0.25) is 0 Å². The summed E-state index contributed by atoms with van der Waals surface area (Å²) in [6.07, 6.45) is 1.55. The molecule has 0 aliphatic carbocycles. The first kappa shape index (κ1) is 6.99. The Balaban J connectivity index is 2.24. The van der Waals surface area contributed by atoms with Gasteiger partial charge in [-0.2, -0.15) is 0 Å². The predicted octanol–water partition coefficient (Wildman–Crippen LogP) is -0.297. The molecule has 2 N–H and O–H groups in total. The lowest BCUT2D eigenvalue weighted by atomic mass is 10.2. The third-order valence-corrected chi connectivity index (χ3v) is 1.68. The first-order valence-electron chi connectivity index (χ1n) is 3.29. The summed E-state index contributed by atoms with van der Waals surface area (Å²) < 4.78 is 4.73. The molecule has 0 radical (unpaired) electrons. The number of hydrogen-bond donors (Lipinski definition) is 2. The fourth-order valence-corrected chi connectivity index (χ4v) is 1.12. The van der Waals surface area contributed by atoms with Crippen molar-refractivity contribution in [1.29, 1.82) is 0 Å². The maximum atomic E-state index is 9.07. The van der Waals surface area contributed by atoms with Crippen molar-refractivity contribution in [2.24, 2.45) is 0 Å². The van der Waals surface area contributed by atoms with Gasteiger partial charge in [0.05, 0.1) is 6.04 Å². The van der Waals surface area contributed by atoms with E-state index in [4.69, 9.17) is 9.84 Å². The molecule has 0 bridgehead atoms. The van der Waals surface area contributed by atoms with E-state index in [1.807, 2.05) is 0 Å². The molecule has 3 nitrogen and oxygen atoms in total. The number of rotatable bonds is 2. The molecular formula is C6H13NO2. The molecule has 1 fully saturated rings. The van der Waals surface area contributed by atoms with Gasteiger partial charge < -0.3 is 15.2 Å². The molecule has 0 spiro atoms. The van der Waals surface area contributed by atoms with Crippen LogP contribution in [0.5, 0.6) is 0 Å². The van der Waals surface area contributed by atoms with Crippen molar-refractivity contribution in [1.82, 2.24) is 5.32 Å². The van der Waals surface area contributed by atoms with E-state index in [9.17, 15) is 0 Å². The van der Waals surface area contributed by atoms with Crippen LogP contribution in [0.3, 0.4) is 0 Å². The van der Waals surface area contributed by atoms with Crippen LogP contribution in [0, 0.1) is 0 Å². The highest BCUT2D eigenvalue weighted by Gasteiger charge is 2.21. The molecule has 1 saturated heterocycles. The fourth-order valence-electron chi connectivity index (χ4n) is 1.12. The van der Waals surface area contributed by atoms with Gasteiger partial charge in [-0.25, -0.2) is 0 Å². The van der Waals surface area contributed by atoms with Crippen LogP contribution in [-0.4, -0.2) is 31.1 Å². The Morgan fingerprint density at radius 1 is 1.78 bits per heavy atom. The van der Waals surface area contributed by atoms with Gasteiger partial charge in [-0.05, 0) is 19.4 Å². The third kappa shape index (κ3) is 1.64. The summed E-state index contributed by atoms with van der Waals surface area (Å²) >= 11 is 0. The van der Waals surface area contributed by atoms with Gasteiger partial charge in [-0.15, -0.1) is 0 Å². The lowest BCUT2D eigenvalue weighted by Crippen LogP contribution is -2.35. The van der Waals surface area contributed by atoms with Gasteiger partial charge in [-0.1, -0.05) is 0 Å². The van der Waals surface area contributed by atoms with Gasteiger partial charge in [0, 0.05) is 7.11 Å². The molecule has 3 heteroatoms. The lowest BCUT2D eigenvalue weighted by molar-refractivity contribution is -0.0931. The van der Waals surface area contributed by atoms with Gasteiger partial charge >= 0.3 is 0 Å². The lowest BCUT2D eigenvalue weighted by Gasteiger charge is -2.15. The Bertz CT molecular complexity index is 81.1. The van der Waals surface area contributed by atoms with Crippen molar-refractivity contribution in [3.63, 3.8) is 0 Å². The van der Waals surface area contributed by atoms with Gasteiger partial charge in [0.15, 0.2) is 6.29 Å². The number of methoxy groups -OCH3 is 1. The van der Waals surface area contributed by atoms with E-state index in [-0.39, 0.29) is 6.04 Å². The highest BCUT2D eigenvalue weighted by atomic mass is 16.6. The fraction of sp³-hybridized carbons (Fsp3) is 1.00. The standard InChI is InChI=1S/C6H13NO2/c1-9-6(8)5-3-2-4-7-5/h5-8H,2-4H2,1H3/t5-,6?/m0/s1. The van der Waals surface area contributed by atoms with Gasteiger partial charge in [0.1, 0.15) is 0 Å². The zero-order valence-corrected chi connectivity index (χ0v) is 5.63. The van der Waals surface area contributed by atoms with Crippen LogP contribution in [-0.2, 0) is 4.74 Å². The van der Waals surface area contributed by atoms with E-state index < -0.39 is 6.29 Å². The molecule has 9 heavy (non-hydrogen) atoms. The minimum atomic E-state index is -0.618. The summed E-state index contributed by atoms with van der Waals surface area (Å²) in [5, 5.41) is 12.2. The second-order valence-corrected chi connectivity index (χ2v) is 2.33. The molecule has 1 aliphatic heterocycles. The van der Waals surface area contributed by atoms with Gasteiger partial charge in [-0.3, -0.25) is 0 Å². The van der Waals surface area contributed by atoms with E-state index in [1.54, 1.807) is 0 Å². The predicted molar refractivity (Wildman–Crippen MR) is 34.0 cm³/mol. The highest BCUT2D eigenvalue weighted by molar-refractivity contribution is 4.75. The average molecular weight is 131 g/mol. The monoisotopic (exact) mass is 131 g/mol. The van der Waals surface area contributed by atoms with Crippen LogP contribution in [0.4, 0.5) is 0 Å². The third-order valence-electron chi connectivity index (χ3n) is 1.68. The smallest absolute Gasteiger partial charge is 0.169 e. The van der Waals surface area contributed by atoms with Crippen molar-refractivity contribution in [3.05, 3.63) is 0 Å². The van der Waals surface area contributed by atoms with E-state index in [2.05, 4.69) is 5.32 Å². The molecular weight excluding hydrogens is 118 g/mol. The van der Waals surface area contributed by atoms with Crippen molar-refractivity contribution < 1.29 is 9.84 Å². The molecule has 0 aromatic heterocycles. The molecule has 0 aromatic rings. The second kappa shape index (κ2) is 3.15. The van der Waals surface area contributed by atoms with Gasteiger partial charge in [0.2, 0.25) is 0 Å². The zero-order valence-electron chi connectivity index (χ0n) is 5.63. The largest absolute Gasteiger partial charge is 0.367 e. The van der Waals surface area contributed by atoms with Crippen LogP contribution in [0.15, 0.2) is 0 Å². The number of nitrogens with one attached hydrogen (secondary N) is 1. The van der Waals surface area contributed by atoms with Crippen molar-refractivity contribution in [3.8, 4) is 0 Å². The maximum Gasteiger partial charge on any atom is 0.169 e. The molecule has 0 aromatic carbocycles. The molecule has 1 unspecified atom stereocenters. The Hall–Kier alpha value is -0.120. The van der Waals surface area contributed by atoms with Crippen LogP contribution < -0.4 is 5.32 Å². The first-order chi connectivity index (χ1) is 4.34. The van der Waals surface area contributed by atoms with Crippen molar-refractivity contribution in [2.75, 3.05) is 13.7 Å². The van der Waals surface area contributed by atoms with Crippen molar-refractivity contribution >= 4 is 0 Å². The van der Waals surface area contributed by atoms with E-state index >= 15 is 0 Å². The highest BCUT2D eigenvalue weighted by Crippen LogP contribution is 2.08. The summed E-state index contributed by atoms with van der Waals surface area (Å²) in [7, 11) is 1.52. The van der Waals surface area contributed by atoms with Crippen LogP contribution >= 0.6 is 0 Å². The molecule has 1 rings (SSSR count). The summed E-state index contributed by atoms with van der Waals surface area (Å²) in [6, 6.07) is 0.162. The minimum absolute atomic E-state index is 0.162. The second-order valence-electron chi connectivity index (χ2n) is 2.33. The number of aliphatic hydroxyl groups excluding tert-OH is 1. The van der Waals surface area contributed by atoms with Gasteiger partial charge in [0.25, 0.3) is 0 Å². The van der Waals surface area contributed by atoms with E-state index in [0.717, 1.165) is 19.4 Å². The molecule has 2 atom stereocenters. The molecule has 1 heterocycles. The maximum absolute atomic E-state index is 9.07. The molecule has 1 aliphatic rings. The van der Waals surface area contributed by atoms with E-state index in [1.165, 1.54) is 7.11 Å². The summed E-state index contributed by atoms with van der Waals surface area (Å²) in [6.45, 7) is 1.01. The Morgan fingerprint density at radius 3 is 3.00 bits per heavy atom. The molecule has 54 valence electrons. The molecule has 0 saturated carbocycles. The minimum Gasteiger partial charge on any atom is -0.367 e. The van der Waals surface area contributed by atoms with Crippen LogP contribution in [0.25, 0.3) is 0 Å². The number of hydrogen-bond acceptors (Lipinski definition) is 3. The van der Waals surface area contributed by atoms with Crippen LogP contribution in [0.1, 0.15) is 12.8 Å².